The number of unbranched alkanes of at least 4 members (excludes halogenated alkanes) is 1. The van der Waals surface area contributed by atoms with Crippen LogP contribution in [0.4, 0.5) is 0 Å². The van der Waals surface area contributed by atoms with Gasteiger partial charge in [0.2, 0.25) is 0 Å². The van der Waals surface area contributed by atoms with E-state index in [4.69, 9.17) is 4.74 Å². The maximum atomic E-state index is 5.29. The molecule has 0 radical (unpaired) electrons. The summed E-state index contributed by atoms with van der Waals surface area (Å²) < 4.78 is 5.29. The Morgan fingerprint density at radius 2 is 1.82 bits per heavy atom. The van der Waals surface area contributed by atoms with E-state index in [0.29, 0.717) is 5.41 Å². The zero-order valence-corrected chi connectivity index (χ0v) is 7.86. The van der Waals surface area contributed by atoms with Crippen molar-refractivity contribution in [2.75, 3.05) is 13.2 Å². The lowest BCUT2D eigenvalue weighted by molar-refractivity contribution is -0.122. The molecule has 0 aromatic carbocycles. The lowest BCUT2D eigenvalue weighted by Crippen LogP contribution is -2.42. The van der Waals surface area contributed by atoms with Crippen LogP contribution < -0.4 is 0 Å². The standard InChI is InChI=1S/C10H20O/c1-3-5-7-10(6-4-2)8-11-9-10/h3-9H2,1-2H3. The summed E-state index contributed by atoms with van der Waals surface area (Å²) >= 11 is 0. The number of hydrogen-bond acceptors (Lipinski definition) is 1. The highest BCUT2D eigenvalue weighted by atomic mass is 16.5. The van der Waals surface area contributed by atoms with Crippen molar-refractivity contribution in [3.05, 3.63) is 0 Å². The Morgan fingerprint density at radius 3 is 2.18 bits per heavy atom. The monoisotopic (exact) mass is 156 g/mol. The Labute approximate surface area is 70.1 Å². The number of hydrogen-bond donors (Lipinski definition) is 0. The molecule has 0 aliphatic carbocycles. The summed E-state index contributed by atoms with van der Waals surface area (Å²) in [4.78, 5) is 0. The van der Waals surface area contributed by atoms with E-state index in [0.717, 1.165) is 13.2 Å². The summed E-state index contributed by atoms with van der Waals surface area (Å²) in [7, 11) is 0. The lowest BCUT2D eigenvalue weighted by atomic mass is 9.77. The van der Waals surface area contributed by atoms with Crippen LogP contribution in [0, 0.1) is 5.41 Å². The molecule has 1 nitrogen and oxygen atoms in total. The molecule has 0 aromatic rings. The van der Waals surface area contributed by atoms with Gasteiger partial charge in [-0.2, -0.15) is 0 Å². The summed E-state index contributed by atoms with van der Waals surface area (Å²) in [6, 6.07) is 0. The molecule has 0 atom stereocenters. The fraction of sp³-hybridized carbons (Fsp3) is 1.00. The smallest absolute Gasteiger partial charge is 0.0544 e. The predicted molar refractivity (Wildman–Crippen MR) is 47.7 cm³/mol. The molecule has 0 aromatic heterocycles. The van der Waals surface area contributed by atoms with Crippen LogP contribution >= 0.6 is 0 Å². The lowest BCUT2D eigenvalue weighted by Gasteiger charge is -2.41. The Kier molecular flexibility index (Phi) is 3.38. The van der Waals surface area contributed by atoms with E-state index in [1.165, 1.54) is 32.1 Å². The summed E-state index contributed by atoms with van der Waals surface area (Å²) in [6.45, 7) is 6.59. The van der Waals surface area contributed by atoms with E-state index >= 15 is 0 Å². The zero-order chi connectivity index (χ0) is 8.16. The molecule has 66 valence electrons. The molecule has 0 saturated carbocycles. The highest BCUT2D eigenvalue weighted by Gasteiger charge is 2.36. The van der Waals surface area contributed by atoms with Crippen LogP contribution in [0.2, 0.25) is 0 Å². The first-order chi connectivity index (χ1) is 5.33. The minimum absolute atomic E-state index is 0.602. The SMILES string of the molecule is CCCCC1(CCC)COC1. The normalized spacial score (nSPS) is 21.3. The van der Waals surface area contributed by atoms with Gasteiger partial charge < -0.3 is 4.74 Å². The maximum absolute atomic E-state index is 5.29. The fourth-order valence-electron chi connectivity index (χ4n) is 1.89. The largest absolute Gasteiger partial charge is 0.380 e. The number of rotatable bonds is 5. The van der Waals surface area contributed by atoms with E-state index in [9.17, 15) is 0 Å². The Morgan fingerprint density at radius 1 is 1.09 bits per heavy atom. The van der Waals surface area contributed by atoms with Gasteiger partial charge in [0.15, 0.2) is 0 Å². The van der Waals surface area contributed by atoms with E-state index in [2.05, 4.69) is 13.8 Å². The first-order valence-electron chi connectivity index (χ1n) is 4.91. The van der Waals surface area contributed by atoms with Gasteiger partial charge in [0, 0.05) is 5.41 Å². The molecule has 1 aliphatic rings. The van der Waals surface area contributed by atoms with Gasteiger partial charge in [-0.1, -0.05) is 33.1 Å². The molecular weight excluding hydrogens is 136 g/mol. The van der Waals surface area contributed by atoms with Crippen molar-refractivity contribution in [2.24, 2.45) is 5.41 Å². The predicted octanol–water partition coefficient (Wildman–Crippen LogP) is 2.99. The van der Waals surface area contributed by atoms with Crippen molar-refractivity contribution in [1.29, 1.82) is 0 Å². The Hall–Kier alpha value is -0.0400. The first kappa shape index (κ1) is 9.05. The molecule has 0 N–H and O–H groups in total. The van der Waals surface area contributed by atoms with Gasteiger partial charge >= 0.3 is 0 Å². The second-order valence-corrected chi connectivity index (χ2v) is 3.85. The number of ether oxygens (including phenoxy) is 1. The topological polar surface area (TPSA) is 9.23 Å². The fourth-order valence-corrected chi connectivity index (χ4v) is 1.89. The Bertz CT molecular complexity index is 105. The van der Waals surface area contributed by atoms with Crippen LogP contribution in [0.3, 0.4) is 0 Å². The molecule has 0 amide bonds. The zero-order valence-electron chi connectivity index (χ0n) is 7.86. The van der Waals surface area contributed by atoms with Crippen molar-refractivity contribution in [3.8, 4) is 0 Å². The summed E-state index contributed by atoms with van der Waals surface area (Å²) in [5.41, 5.74) is 0.602. The molecule has 1 saturated heterocycles. The van der Waals surface area contributed by atoms with Crippen molar-refractivity contribution in [3.63, 3.8) is 0 Å². The van der Waals surface area contributed by atoms with Crippen LogP contribution in [0.1, 0.15) is 46.0 Å². The van der Waals surface area contributed by atoms with Gasteiger partial charge in [0.1, 0.15) is 0 Å². The molecule has 1 fully saturated rings. The third-order valence-corrected chi connectivity index (χ3v) is 2.66. The molecule has 0 bridgehead atoms. The van der Waals surface area contributed by atoms with Gasteiger partial charge in [-0.25, -0.2) is 0 Å². The minimum atomic E-state index is 0.602. The van der Waals surface area contributed by atoms with Crippen LogP contribution in [-0.2, 0) is 4.74 Å². The molecule has 0 spiro atoms. The molecular formula is C10H20O. The van der Waals surface area contributed by atoms with Crippen molar-refractivity contribution in [1.82, 2.24) is 0 Å². The highest BCUT2D eigenvalue weighted by Crippen LogP contribution is 2.37. The van der Waals surface area contributed by atoms with Crippen LogP contribution in [0.5, 0.6) is 0 Å². The molecule has 1 aliphatic heterocycles. The third-order valence-electron chi connectivity index (χ3n) is 2.66. The quantitative estimate of drug-likeness (QED) is 0.594. The van der Waals surface area contributed by atoms with Crippen molar-refractivity contribution < 1.29 is 4.74 Å². The van der Waals surface area contributed by atoms with Gasteiger partial charge in [-0.05, 0) is 12.8 Å². The summed E-state index contributed by atoms with van der Waals surface area (Å²) in [5.74, 6) is 0. The van der Waals surface area contributed by atoms with E-state index in [-0.39, 0.29) is 0 Å². The first-order valence-corrected chi connectivity index (χ1v) is 4.91. The van der Waals surface area contributed by atoms with Crippen LogP contribution in [0.25, 0.3) is 0 Å². The van der Waals surface area contributed by atoms with E-state index in [1.807, 2.05) is 0 Å². The average molecular weight is 156 g/mol. The van der Waals surface area contributed by atoms with Gasteiger partial charge in [-0.15, -0.1) is 0 Å². The molecule has 1 heteroatoms. The van der Waals surface area contributed by atoms with Crippen LogP contribution in [-0.4, -0.2) is 13.2 Å². The van der Waals surface area contributed by atoms with Gasteiger partial charge in [-0.3, -0.25) is 0 Å². The van der Waals surface area contributed by atoms with E-state index in [1.54, 1.807) is 0 Å². The summed E-state index contributed by atoms with van der Waals surface area (Å²) in [6.07, 6.45) is 6.77. The minimum Gasteiger partial charge on any atom is -0.380 e. The molecule has 1 heterocycles. The average Bonchev–Trinajstić information content (AvgIpc) is 1.95. The van der Waals surface area contributed by atoms with E-state index < -0.39 is 0 Å². The van der Waals surface area contributed by atoms with Crippen molar-refractivity contribution >= 4 is 0 Å². The summed E-state index contributed by atoms with van der Waals surface area (Å²) in [5, 5.41) is 0. The van der Waals surface area contributed by atoms with Crippen molar-refractivity contribution in [2.45, 2.75) is 46.0 Å². The molecule has 0 unspecified atom stereocenters. The molecule has 11 heavy (non-hydrogen) atoms. The van der Waals surface area contributed by atoms with Gasteiger partial charge in [0.25, 0.3) is 0 Å². The third kappa shape index (κ3) is 2.19. The Balaban J connectivity index is 2.22. The highest BCUT2D eigenvalue weighted by molar-refractivity contribution is 4.84. The van der Waals surface area contributed by atoms with Gasteiger partial charge in [0.05, 0.1) is 13.2 Å². The second kappa shape index (κ2) is 4.10. The maximum Gasteiger partial charge on any atom is 0.0544 e. The van der Waals surface area contributed by atoms with Crippen LogP contribution in [0.15, 0.2) is 0 Å². The second-order valence-electron chi connectivity index (χ2n) is 3.85. The molecule has 1 rings (SSSR count).